The van der Waals surface area contributed by atoms with Crippen LogP contribution in [0.25, 0.3) is 10.9 Å². The van der Waals surface area contributed by atoms with Crippen LogP contribution in [-0.4, -0.2) is 61.2 Å². The molecule has 1 aliphatic heterocycles. The van der Waals surface area contributed by atoms with Gasteiger partial charge < -0.3 is 24.3 Å². The molecule has 1 amide bonds. The number of thioether (sulfide) groups is 1. The molecule has 190 valence electrons. The van der Waals surface area contributed by atoms with Gasteiger partial charge in [0.25, 0.3) is 5.56 Å². The molecule has 4 rings (SSSR count). The van der Waals surface area contributed by atoms with Crippen molar-refractivity contribution in [1.29, 1.82) is 0 Å². The van der Waals surface area contributed by atoms with Crippen molar-refractivity contribution in [2.24, 2.45) is 0 Å². The average Bonchev–Trinajstić information content (AvgIpc) is 3.42. The van der Waals surface area contributed by atoms with Crippen molar-refractivity contribution >= 4 is 40.2 Å². The highest BCUT2D eigenvalue weighted by atomic mass is 32.2. The predicted molar refractivity (Wildman–Crippen MR) is 135 cm³/mol. The van der Waals surface area contributed by atoms with E-state index in [0.717, 1.165) is 24.6 Å². The molecule has 11 heteroatoms. The summed E-state index contributed by atoms with van der Waals surface area (Å²) in [5.41, 5.74) is 0.877. The lowest BCUT2D eigenvalue weighted by atomic mass is 10.1. The number of amides is 1. The highest BCUT2D eigenvalue weighted by Crippen LogP contribution is 2.29. The molecule has 0 aliphatic carbocycles. The molecule has 1 aromatic heterocycles. The first kappa shape index (κ1) is 25.5. The molecule has 1 atom stereocenters. The predicted octanol–water partition coefficient (Wildman–Crippen LogP) is 3.11. The number of fused-ring (bicyclic) bond motifs is 1. The number of esters is 1. The summed E-state index contributed by atoms with van der Waals surface area (Å²) in [4.78, 5) is 42.8. The van der Waals surface area contributed by atoms with Crippen molar-refractivity contribution in [1.82, 2.24) is 9.55 Å². The van der Waals surface area contributed by atoms with E-state index in [2.05, 4.69) is 10.3 Å². The van der Waals surface area contributed by atoms with Gasteiger partial charge in [0.15, 0.2) is 5.16 Å². The van der Waals surface area contributed by atoms with Gasteiger partial charge in [-0.3, -0.25) is 14.2 Å². The maximum absolute atomic E-state index is 13.4. The summed E-state index contributed by atoms with van der Waals surface area (Å²) in [6.45, 7) is 0.980. The Morgan fingerprint density at radius 2 is 2.00 bits per heavy atom. The number of hydrogen-bond donors (Lipinski definition) is 1. The summed E-state index contributed by atoms with van der Waals surface area (Å²) in [7, 11) is 4.34. The number of carbonyl (C=O) groups is 2. The highest BCUT2D eigenvalue weighted by Gasteiger charge is 2.21. The molecule has 1 N–H and O–H groups in total. The zero-order chi connectivity index (χ0) is 25.7. The third kappa shape index (κ3) is 5.63. The van der Waals surface area contributed by atoms with Crippen LogP contribution in [-0.2, 0) is 20.8 Å². The van der Waals surface area contributed by atoms with Crippen LogP contribution < -0.4 is 20.3 Å². The molecule has 1 saturated heterocycles. The number of anilines is 1. The Morgan fingerprint density at radius 1 is 1.17 bits per heavy atom. The minimum atomic E-state index is -0.524. The molecule has 1 fully saturated rings. The van der Waals surface area contributed by atoms with Crippen LogP contribution in [0.5, 0.6) is 11.5 Å². The molecule has 2 heterocycles. The largest absolute Gasteiger partial charge is 0.497 e. The van der Waals surface area contributed by atoms with E-state index in [1.165, 1.54) is 26.4 Å². The molecule has 2 aromatic carbocycles. The van der Waals surface area contributed by atoms with Crippen molar-refractivity contribution in [2.45, 2.75) is 30.6 Å². The van der Waals surface area contributed by atoms with Gasteiger partial charge in [0.05, 0.1) is 61.9 Å². The topological polar surface area (TPSA) is 118 Å². The molecule has 36 heavy (non-hydrogen) atoms. The van der Waals surface area contributed by atoms with Crippen LogP contribution in [0, 0.1) is 0 Å². The summed E-state index contributed by atoms with van der Waals surface area (Å²) in [6.07, 6.45) is 1.67. The number of carbonyl (C=O) groups excluding carboxylic acids is 2. The number of methoxy groups -OCH3 is 3. The van der Waals surface area contributed by atoms with Gasteiger partial charge in [-0.25, -0.2) is 9.78 Å². The lowest BCUT2D eigenvalue weighted by Crippen LogP contribution is -2.29. The van der Waals surface area contributed by atoms with E-state index in [1.54, 1.807) is 35.9 Å². The molecular formula is C25H27N3O7S. The number of nitrogens with zero attached hydrogens (tertiary/aromatic N) is 2. The summed E-state index contributed by atoms with van der Waals surface area (Å²) in [6, 6.07) is 9.71. The van der Waals surface area contributed by atoms with E-state index in [9.17, 15) is 14.4 Å². The van der Waals surface area contributed by atoms with Gasteiger partial charge in [0.2, 0.25) is 5.91 Å². The smallest absolute Gasteiger partial charge is 0.337 e. The third-order valence-electron chi connectivity index (χ3n) is 5.77. The normalized spacial score (nSPS) is 15.0. The minimum Gasteiger partial charge on any atom is -0.497 e. The zero-order valence-corrected chi connectivity index (χ0v) is 21.1. The number of ether oxygens (including phenoxy) is 4. The molecule has 0 radical (unpaired) electrons. The van der Waals surface area contributed by atoms with Gasteiger partial charge >= 0.3 is 5.97 Å². The van der Waals surface area contributed by atoms with Crippen LogP contribution in [0.3, 0.4) is 0 Å². The Labute approximate surface area is 211 Å². The average molecular weight is 514 g/mol. The van der Waals surface area contributed by atoms with Gasteiger partial charge in [-0.2, -0.15) is 0 Å². The summed E-state index contributed by atoms with van der Waals surface area (Å²) in [5.74, 6) is 0.232. The van der Waals surface area contributed by atoms with Crippen molar-refractivity contribution in [3.05, 3.63) is 52.3 Å². The second kappa shape index (κ2) is 11.4. The van der Waals surface area contributed by atoms with Crippen LogP contribution in [0.4, 0.5) is 5.69 Å². The Morgan fingerprint density at radius 3 is 2.69 bits per heavy atom. The van der Waals surface area contributed by atoms with E-state index < -0.39 is 5.97 Å². The molecule has 0 unspecified atom stereocenters. The number of nitrogens with one attached hydrogen (secondary N) is 1. The van der Waals surface area contributed by atoms with Crippen LogP contribution >= 0.6 is 11.8 Å². The van der Waals surface area contributed by atoms with Crippen LogP contribution in [0.1, 0.15) is 23.2 Å². The monoisotopic (exact) mass is 513 g/mol. The van der Waals surface area contributed by atoms with Crippen LogP contribution in [0.15, 0.2) is 46.3 Å². The maximum atomic E-state index is 13.4. The first-order valence-corrected chi connectivity index (χ1v) is 12.3. The Bertz CT molecular complexity index is 1340. The van der Waals surface area contributed by atoms with Crippen molar-refractivity contribution in [2.75, 3.05) is 39.0 Å². The van der Waals surface area contributed by atoms with E-state index in [1.807, 2.05) is 0 Å². The van der Waals surface area contributed by atoms with Gasteiger partial charge in [-0.1, -0.05) is 11.8 Å². The molecule has 3 aromatic rings. The summed E-state index contributed by atoms with van der Waals surface area (Å²) >= 11 is 1.13. The van der Waals surface area contributed by atoms with Crippen molar-refractivity contribution in [3.63, 3.8) is 0 Å². The molecular weight excluding hydrogens is 486 g/mol. The zero-order valence-electron chi connectivity index (χ0n) is 20.2. The van der Waals surface area contributed by atoms with Crippen molar-refractivity contribution < 1.29 is 28.5 Å². The lowest BCUT2D eigenvalue weighted by molar-refractivity contribution is -0.113. The number of benzene rings is 2. The van der Waals surface area contributed by atoms with E-state index >= 15 is 0 Å². The van der Waals surface area contributed by atoms with Crippen LogP contribution in [0.2, 0.25) is 0 Å². The third-order valence-corrected chi connectivity index (χ3v) is 6.74. The minimum absolute atomic E-state index is 0.00462. The summed E-state index contributed by atoms with van der Waals surface area (Å²) in [5, 5.41) is 3.55. The molecule has 1 aliphatic rings. The Balaban J connectivity index is 1.61. The lowest BCUT2D eigenvalue weighted by Gasteiger charge is -2.17. The Hall–Kier alpha value is -3.57. The molecule has 0 saturated carbocycles. The summed E-state index contributed by atoms with van der Waals surface area (Å²) < 4.78 is 22.6. The van der Waals surface area contributed by atoms with E-state index in [4.69, 9.17) is 18.9 Å². The van der Waals surface area contributed by atoms with Crippen molar-refractivity contribution in [3.8, 4) is 11.5 Å². The maximum Gasteiger partial charge on any atom is 0.337 e. The Kier molecular flexibility index (Phi) is 8.11. The quantitative estimate of drug-likeness (QED) is 0.262. The van der Waals surface area contributed by atoms with E-state index in [-0.39, 0.29) is 28.9 Å². The highest BCUT2D eigenvalue weighted by molar-refractivity contribution is 7.99. The fourth-order valence-electron chi connectivity index (χ4n) is 3.93. The molecule has 0 spiro atoms. The van der Waals surface area contributed by atoms with Gasteiger partial charge in [0.1, 0.15) is 11.5 Å². The van der Waals surface area contributed by atoms with Gasteiger partial charge in [0, 0.05) is 12.7 Å². The van der Waals surface area contributed by atoms with E-state index in [0.29, 0.717) is 46.4 Å². The standard InChI is InChI=1S/C25H27N3O7S/c1-32-16-7-9-19(21(12-16)33-2)26-22(29)14-36-25-27-20-11-15(24(31)34-3)6-8-18(20)23(30)28(25)13-17-5-4-10-35-17/h6-9,11-12,17H,4-5,10,13-14H2,1-3H3,(H,26,29)/t17-/m0/s1. The molecule has 10 nitrogen and oxygen atoms in total. The fraction of sp³-hybridized carbons (Fsp3) is 0.360. The SMILES string of the molecule is COC(=O)c1ccc2c(=O)n(C[C@@H]3CCCO3)c(SCC(=O)Nc3ccc(OC)cc3OC)nc2c1. The number of hydrogen-bond acceptors (Lipinski definition) is 9. The van der Waals surface area contributed by atoms with Gasteiger partial charge in [-0.05, 0) is 43.2 Å². The number of rotatable bonds is 9. The second-order valence-corrected chi connectivity index (χ2v) is 9.01. The second-order valence-electron chi connectivity index (χ2n) is 8.07. The van der Waals surface area contributed by atoms with Gasteiger partial charge in [-0.15, -0.1) is 0 Å². The molecule has 0 bridgehead atoms. The fourth-order valence-corrected chi connectivity index (χ4v) is 4.74. The first-order chi connectivity index (χ1) is 17.4. The number of aromatic nitrogens is 2. The first-order valence-electron chi connectivity index (χ1n) is 11.3.